The number of rotatable bonds is 13. The fourth-order valence-electron chi connectivity index (χ4n) is 9.88. The molecule has 16 nitrogen and oxygen atoms in total. The van der Waals surface area contributed by atoms with E-state index in [1.165, 1.54) is 14.0 Å². The minimum atomic E-state index is -1.92. The summed E-state index contributed by atoms with van der Waals surface area (Å²) in [6.07, 6.45) is -8.39. The summed E-state index contributed by atoms with van der Waals surface area (Å²) in [5, 5.41) is 51.8. The largest absolute Gasteiger partial charge is 0.459 e. The summed E-state index contributed by atoms with van der Waals surface area (Å²) < 4.78 is 45.0. The molecule has 0 bridgehead atoms. The number of aliphatic hydroxyl groups is 4. The molecular formula is C47H81N3O13. The highest BCUT2D eigenvalue weighted by Gasteiger charge is 2.54. The Balaban J connectivity index is 1.86. The van der Waals surface area contributed by atoms with Crippen LogP contribution in [0.5, 0.6) is 0 Å². The van der Waals surface area contributed by atoms with E-state index in [4.69, 9.17) is 38.0 Å². The van der Waals surface area contributed by atoms with Crippen molar-refractivity contribution in [3.05, 3.63) is 30.3 Å². The highest BCUT2D eigenvalue weighted by Crippen LogP contribution is 2.42. The highest BCUT2D eigenvalue weighted by molar-refractivity contribution is 5.88. The number of esters is 1. The molecule has 2 unspecified atom stereocenters. The van der Waals surface area contributed by atoms with Crippen LogP contribution in [0.4, 0.5) is 5.69 Å². The van der Waals surface area contributed by atoms with Gasteiger partial charge in [-0.1, -0.05) is 51.0 Å². The molecule has 4 rings (SSSR count). The van der Waals surface area contributed by atoms with Crippen molar-refractivity contribution in [3.8, 4) is 0 Å². The molecule has 18 atom stereocenters. The van der Waals surface area contributed by atoms with Crippen LogP contribution in [0.25, 0.3) is 0 Å². The van der Waals surface area contributed by atoms with Crippen molar-refractivity contribution < 1.29 is 63.2 Å². The number of ether oxygens (including phenoxy) is 7. The molecule has 3 heterocycles. The van der Waals surface area contributed by atoms with Crippen LogP contribution in [0.2, 0.25) is 0 Å². The monoisotopic (exact) mass is 896 g/mol. The molecule has 0 amide bonds. The quantitative estimate of drug-likeness (QED) is 0.124. The molecule has 3 aliphatic heterocycles. The van der Waals surface area contributed by atoms with Crippen molar-refractivity contribution >= 4 is 17.4 Å². The average Bonchev–Trinajstić information content (AvgIpc) is 3.24. The number of carbonyl (C=O) groups excluding carboxylic acids is 1. The average molecular weight is 896 g/mol. The lowest BCUT2D eigenvalue weighted by molar-refractivity contribution is -0.319. The smallest absolute Gasteiger partial charge is 0.311 e. The first-order valence-electron chi connectivity index (χ1n) is 22.8. The maximum absolute atomic E-state index is 14.5. The van der Waals surface area contributed by atoms with E-state index < -0.39 is 102 Å². The third-order valence-corrected chi connectivity index (χ3v) is 14.2. The predicted molar refractivity (Wildman–Crippen MR) is 239 cm³/mol. The fourth-order valence-corrected chi connectivity index (χ4v) is 9.88. The van der Waals surface area contributed by atoms with E-state index in [9.17, 15) is 25.2 Å². The Morgan fingerprint density at radius 1 is 0.857 bits per heavy atom. The molecular weight excluding hydrogens is 815 g/mol. The van der Waals surface area contributed by atoms with E-state index in [0.29, 0.717) is 18.7 Å². The number of hydrogen-bond donors (Lipinski definition) is 4. The maximum atomic E-state index is 14.5. The first-order chi connectivity index (χ1) is 29.5. The summed E-state index contributed by atoms with van der Waals surface area (Å²) in [6.45, 7) is 18.6. The van der Waals surface area contributed by atoms with Gasteiger partial charge >= 0.3 is 5.97 Å². The van der Waals surface area contributed by atoms with Crippen LogP contribution in [0.1, 0.15) is 94.9 Å². The van der Waals surface area contributed by atoms with Crippen LogP contribution in [-0.2, 0) is 42.8 Å². The number of anilines is 1. The normalized spacial score (nSPS) is 43.0. The fraction of sp³-hybridized carbons (Fsp3) is 0.830. The topological polar surface area (TPSA) is 191 Å². The van der Waals surface area contributed by atoms with Crippen molar-refractivity contribution in [2.24, 2.45) is 28.8 Å². The Hall–Kier alpha value is -2.48. The summed E-state index contributed by atoms with van der Waals surface area (Å²) in [5.41, 5.74) is -2.70. The second-order valence-corrected chi connectivity index (χ2v) is 19.3. The zero-order valence-electron chi connectivity index (χ0n) is 40.6. The number of carbonyl (C=O) groups is 1. The Bertz CT molecular complexity index is 1600. The highest BCUT2D eigenvalue weighted by atomic mass is 16.7. The van der Waals surface area contributed by atoms with E-state index in [1.807, 2.05) is 89.0 Å². The van der Waals surface area contributed by atoms with Crippen LogP contribution in [0.15, 0.2) is 35.5 Å². The number of hydrogen-bond acceptors (Lipinski definition) is 16. The zero-order chi connectivity index (χ0) is 47.2. The molecule has 0 aliphatic carbocycles. The molecule has 0 saturated carbocycles. The van der Waals surface area contributed by atoms with Gasteiger partial charge < -0.3 is 68.2 Å². The van der Waals surface area contributed by atoms with Gasteiger partial charge in [0.1, 0.15) is 30.5 Å². The van der Waals surface area contributed by atoms with Gasteiger partial charge in [0.2, 0.25) is 0 Å². The predicted octanol–water partition coefficient (Wildman–Crippen LogP) is 4.38. The molecule has 0 radical (unpaired) electrons. The third kappa shape index (κ3) is 12.3. The minimum absolute atomic E-state index is 0.133. The lowest BCUT2D eigenvalue weighted by atomic mass is 9.73. The van der Waals surface area contributed by atoms with Gasteiger partial charge in [-0.3, -0.25) is 4.79 Å². The number of methoxy groups -OCH3 is 2. The van der Waals surface area contributed by atoms with Crippen LogP contribution < -0.4 is 4.90 Å². The van der Waals surface area contributed by atoms with E-state index in [1.54, 1.807) is 41.7 Å². The second kappa shape index (κ2) is 22.3. The van der Waals surface area contributed by atoms with Crippen molar-refractivity contribution in [2.45, 2.75) is 179 Å². The lowest BCUT2D eigenvalue weighted by Gasteiger charge is -2.50. The molecule has 0 aromatic heterocycles. The Labute approximate surface area is 376 Å². The first kappa shape index (κ1) is 53.1. The number of aliphatic hydroxyl groups excluding tert-OH is 3. The SMILES string of the molecule is CCC1OC(=O)[C@H](C)C(O[C@H]2C[C@@](C)(OC)[C@@H](O)[C@H](C)O2)[C@H](C)[C@@H](O[C@@H]2O[C@H](C)C[C@H](N(C)C)[C@H]2O)[C@](C)(OC)C[C@@H](C)/C(=N\OCCN(C)c2ccccc2)[C@H](C)[C@@H](O)[C@]1(C)O. The maximum Gasteiger partial charge on any atom is 0.311 e. The summed E-state index contributed by atoms with van der Waals surface area (Å²) in [7, 11) is 8.87. The standard InChI is InChI=1S/C47H81N3O13/c1-16-35-47(10,55)40(52)29(4)37(48-58-23-22-50(13)33-20-18-17-19-21-33)27(2)25-46(9,57-15)42(63-44-38(51)34(49(11)12)24-28(3)59-44)30(5)39(31(6)43(54)61-35)62-36-26-45(8,56-14)41(53)32(7)60-36/h17-21,27-32,34-36,38-42,44,51-53,55H,16,22-26H2,1-15H3/b48-37+/t27-,28-,29+,30+,31-,32+,34+,35?,36+,38-,39?,40-,41+,42-,44+,45-,46-,47-/m1/s1. The summed E-state index contributed by atoms with van der Waals surface area (Å²) in [5.74, 6) is -3.64. The van der Waals surface area contributed by atoms with Gasteiger partial charge in [0.05, 0.1) is 59.9 Å². The zero-order valence-corrected chi connectivity index (χ0v) is 40.6. The van der Waals surface area contributed by atoms with Crippen molar-refractivity contribution in [3.63, 3.8) is 0 Å². The number of cyclic esters (lactones) is 1. The van der Waals surface area contributed by atoms with Crippen LogP contribution in [0, 0.1) is 23.7 Å². The van der Waals surface area contributed by atoms with Gasteiger partial charge in [-0.2, -0.15) is 0 Å². The molecule has 4 N–H and O–H groups in total. The van der Waals surface area contributed by atoms with Gasteiger partial charge in [-0.15, -0.1) is 0 Å². The lowest BCUT2D eigenvalue weighted by Crippen LogP contribution is -2.61. The molecule has 16 heteroatoms. The van der Waals surface area contributed by atoms with Crippen LogP contribution >= 0.6 is 0 Å². The summed E-state index contributed by atoms with van der Waals surface area (Å²) in [6, 6.07) is 9.62. The van der Waals surface area contributed by atoms with E-state index in [-0.39, 0.29) is 38.0 Å². The van der Waals surface area contributed by atoms with Crippen molar-refractivity contribution in [1.82, 2.24) is 4.90 Å². The van der Waals surface area contributed by atoms with Crippen LogP contribution in [0.3, 0.4) is 0 Å². The van der Waals surface area contributed by atoms with Crippen molar-refractivity contribution in [2.75, 3.05) is 53.4 Å². The summed E-state index contributed by atoms with van der Waals surface area (Å²) in [4.78, 5) is 24.6. The molecule has 3 aliphatic rings. The summed E-state index contributed by atoms with van der Waals surface area (Å²) >= 11 is 0. The number of likely N-dealkylation sites (N-methyl/N-ethyl adjacent to an activating group) is 2. The minimum Gasteiger partial charge on any atom is -0.459 e. The Morgan fingerprint density at radius 2 is 1.49 bits per heavy atom. The van der Waals surface area contributed by atoms with E-state index in [0.717, 1.165) is 5.69 Å². The Kier molecular flexibility index (Phi) is 18.8. The first-order valence-corrected chi connectivity index (χ1v) is 22.8. The Morgan fingerprint density at radius 3 is 2.08 bits per heavy atom. The molecule has 1 aromatic rings. The van der Waals surface area contributed by atoms with Gasteiger partial charge in [0.15, 0.2) is 12.6 Å². The number of oxime groups is 1. The molecule has 0 spiro atoms. The molecule has 3 fully saturated rings. The molecule has 3 saturated heterocycles. The number of nitrogens with zero attached hydrogens (tertiary/aromatic N) is 3. The molecule has 1 aromatic carbocycles. The second-order valence-electron chi connectivity index (χ2n) is 19.3. The van der Waals surface area contributed by atoms with Gasteiger partial charge in [0, 0.05) is 57.2 Å². The number of benzene rings is 1. The van der Waals surface area contributed by atoms with E-state index in [2.05, 4.69) is 5.16 Å². The molecule has 63 heavy (non-hydrogen) atoms. The number of para-hydroxylation sites is 1. The van der Waals surface area contributed by atoms with Gasteiger partial charge in [0.25, 0.3) is 0 Å². The van der Waals surface area contributed by atoms with Crippen molar-refractivity contribution in [1.29, 1.82) is 0 Å². The third-order valence-electron chi connectivity index (χ3n) is 14.2. The molecule has 362 valence electrons. The van der Waals surface area contributed by atoms with E-state index >= 15 is 0 Å². The van der Waals surface area contributed by atoms with Gasteiger partial charge in [-0.25, -0.2) is 0 Å². The van der Waals surface area contributed by atoms with Gasteiger partial charge in [-0.05, 0) is 87.0 Å². The van der Waals surface area contributed by atoms with Crippen LogP contribution in [-0.4, -0.2) is 170 Å².